The molecule has 1 atom stereocenters. The number of hydrogen-bond donors (Lipinski definition) is 0. The molecule has 1 aromatic carbocycles. The fourth-order valence-electron chi connectivity index (χ4n) is 4.50. The molecule has 0 bridgehead atoms. The second-order valence-electron chi connectivity index (χ2n) is 8.43. The molecule has 2 aliphatic rings. The van der Waals surface area contributed by atoms with Crippen molar-refractivity contribution in [1.29, 1.82) is 0 Å². The summed E-state index contributed by atoms with van der Waals surface area (Å²) in [5.74, 6) is 1.69. The van der Waals surface area contributed by atoms with E-state index >= 15 is 0 Å². The van der Waals surface area contributed by atoms with Crippen LogP contribution in [0.2, 0.25) is 0 Å². The maximum Gasteiger partial charge on any atom is 0.243 e. The van der Waals surface area contributed by atoms with Crippen LogP contribution in [-0.2, 0) is 22.9 Å². The number of aryl methyl sites for hydroxylation is 2. The van der Waals surface area contributed by atoms with Crippen molar-refractivity contribution < 1.29 is 8.42 Å². The molecule has 30 heavy (non-hydrogen) atoms. The van der Waals surface area contributed by atoms with Crippen molar-refractivity contribution in [2.75, 3.05) is 31.1 Å². The van der Waals surface area contributed by atoms with Gasteiger partial charge in [-0.1, -0.05) is 24.6 Å². The normalized spacial score (nSPS) is 20.5. The summed E-state index contributed by atoms with van der Waals surface area (Å²) in [4.78, 5) is 14.3. The smallest absolute Gasteiger partial charge is 0.243 e. The summed E-state index contributed by atoms with van der Waals surface area (Å²) >= 11 is 1.80. The highest BCUT2D eigenvalue weighted by molar-refractivity contribution is 7.89. The summed E-state index contributed by atoms with van der Waals surface area (Å²) in [5.41, 5.74) is 2.47. The lowest BCUT2D eigenvalue weighted by atomic mass is 9.89. The first-order chi connectivity index (χ1) is 14.4. The van der Waals surface area contributed by atoms with Gasteiger partial charge in [0.05, 0.1) is 10.3 Å². The average molecular weight is 443 g/mol. The monoisotopic (exact) mass is 442 g/mol. The van der Waals surface area contributed by atoms with E-state index in [0.717, 1.165) is 35.0 Å². The lowest BCUT2D eigenvalue weighted by Gasteiger charge is -2.35. The minimum atomic E-state index is -3.46. The van der Waals surface area contributed by atoms with E-state index in [0.29, 0.717) is 31.1 Å². The van der Waals surface area contributed by atoms with E-state index in [1.54, 1.807) is 34.1 Å². The number of fused-ring (bicyclic) bond motifs is 3. The quantitative estimate of drug-likeness (QED) is 0.620. The SMILES string of the molecule is Cc1ccc(S(=O)(=O)N2CCN(c3ncnc4sc5c(c34)CCC(C)C5)CC2)cc1. The molecule has 6 nitrogen and oxygen atoms in total. The van der Waals surface area contributed by atoms with Gasteiger partial charge in [0.2, 0.25) is 10.0 Å². The van der Waals surface area contributed by atoms with Gasteiger partial charge >= 0.3 is 0 Å². The van der Waals surface area contributed by atoms with Crippen LogP contribution in [0, 0.1) is 12.8 Å². The van der Waals surface area contributed by atoms with Gasteiger partial charge in [0, 0.05) is 31.1 Å². The van der Waals surface area contributed by atoms with Gasteiger partial charge in [-0.3, -0.25) is 0 Å². The van der Waals surface area contributed by atoms with Crippen LogP contribution in [-0.4, -0.2) is 48.9 Å². The van der Waals surface area contributed by atoms with Crippen molar-refractivity contribution in [3.05, 3.63) is 46.6 Å². The van der Waals surface area contributed by atoms with E-state index in [1.165, 1.54) is 22.2 Å². The number of sulfonamides is 1. The third-order valence-corrected chi connectivity index (χ3v) is 9.34. The van der Waals surface area contributed by atoms with Crippen LogP contribution in [0.25, 0.3) is 10.2 Å². The molecule has 1 saturated heterocycles. The Morgan fingerprint density at radius 2 is 1.80 bits per heavy atom. The van der Waals surface area contributed by atoms with Crippen LogP contribution in [0.1, 0.15) is 29.3 Å². The number of aromatic nitrogens is 2. The lowest BCUT2D eigenvalue weighted by Crippen LogP contribution is -2.49. The van der Waals surface area contributed by atoms with Gasteiger partial charge in [0.25, 0.3) is 0 Å². The van der Waals surface area contributed by atoms with Gasteiger partial charge in [0.1, 0.15) is 17.0 Å². The Bertz CT molecular complexity index is 1180. The van der Waals surface area contributed by atoms with E-state index in [9.17, 15) is 8.42 Å². The number of piperazine rings is 1. The number of nitrogens with zero attached hydrogens (tertiary/aromatic N) is 4. The Balaban J connectivity index is 1.40. The number of rotatable bonds is 3. The molecule has 158 valence electrons. The molecule has 0 saturated carbocycles. The molecule has 0 radical (unpaired) electrons. The van der Waals surface area contributed by atoms with Crippen molar-refractivity contribution in [3.8, 4) is 0 Å². The summed E-state index contributed by atoms with van der Waals surface area (Å²) in [5, 5.41) is 1.19. The molecule has 3 heterocycles. The van der Waals surface area contributed by atoms with E-state index in [1.807, 2.05) is 19.1 Å². The van der Waals surface area contributed by atoms with E-state index in [-0.39, 0.29) is 0 Å². The van der Waals surface area contributed by atoms with Crippen molar-refractivity contribution in [3.63, 3.8) is 0 Å². The number of hydrogen-bond acceptors (Lipinski definition) is 6. The summed E-state index contributed by atoms with van der Waals surface area (Å²) in [6.45, 7) is 6.47. The van der Waals surface area contributed by atoms with Crippen LogP contribution < -0.4 is 4.90 Å². The van der Waals surface area contributed by atoms with Crippen molar-refractivity contribution in [2.45, 2.75) is 38.0 Å². The Morgan fingerprint density at radius 3 is 2.53 bits per heavy atom. The maximum absolute atomic E-state index is 13.0. The minimum Gasteiger partial charge on any atom is -0.353 e. The second kappa shape index (κ2) is 7.59. The molecule has 8 heteroatoms. The van der Waals surface area contributed by atoms with Crippen molar-refractivity contribution in [1.82, 2.24) is 14.3 Å². The third-order valence-electron chi connectivity index (χ3n) is 6.27. The second-order valence-corrected chi connectivity index (χ2v) is 11.5. The van der Waals surface area contributed by atoms with E-state index in [4.69, 9.17) is 0 Å². The van der Waals surface area contributed by atoms with Gasteiger partial charge in [-0.05, 0) is 49.8 Å². The molecule has 0 amide bonds. The van der Waals surface area contributed by atoms with Crippen LogP contribution >= 0.6 is 11.3 Å². The zero-order valence-electron chi connectivity index (χ0n) is 17.3. The number of anilines is 1. The Labute approximate surface area is 181 Å². The standard InChI is InChI=1S/C22H26N4O2S2/c1-15-3-6-17(7-4-15)30(27,28)26-11-9-25(10-12-26)21-20-18-8-5-16(2)13-19(18)29-22(20)24-14-23-21/h3-4,6-7,14,16H,5,8-13H2,1-2H3. The molecule has 0 spiro atoms. The average Bonchev–Trinajstić information content (AvgIpc) is 3.11. The maximum atomic E-state index is 13.0. The van der Waals surface area contributed by atoms with Crippen LogP contribution in [0.5, 0.6) is 0 Å². The first kappa shape index (κ1) is 19.9. The molecular formula is C22H26N4O2S2. The number of thiophene rings is 1. The van der Waals surface area contributed by atoms with E-state index in [2.05, 4.69) is 21.8 Å². The summed E-state index contributed by atoms with van der Waals surface area (Å²) < 4.78 is 27.6. The molecule has 0 N–H and O–H groups in total. The van der Waals surface area contributed by atoms with Gasteiger partial charge < -0.3 is 4.90 Å². The highest BCUT2D eigenvalue weighted by atomic mass is 32.2. The van der Waals surface area contributed by atoms with Crippen LogP contribution in [0.3, 0.4) is 0 Å². The molecule has 1 aliphatic heterocycles. The number of benzene rings is 1. The third kappa shape index (κ3) is 3.40. The minimum absolute atomic E-state index is 0.368. The van der Waals surface area contributed by atoms with Crippen LogP contribution in [0.4, 0.5) is 5.82 Å². The summed E-state index contributed by atoms with van der Waals surface area (Å²) in [6.07, 6.45) is 5.06. The fourth-order valence-corrected chi connectivity index (χ4v) is 7.26. The summed E-state index contributed by atoms with van der Waals surface area (Å²) in [7, 11) is -3.46. The summed E-state index contributed by atoms with van der Waals surface area (Å²) in [6, 6.07) is 7.09. The van der Waals surface area contributed by atoms with Crippen molar-refractivity contribution in [2.24, 2.45) is 5.92 Å². The highest BCUT2D eigenvalue weighted by Crippen LogP contribution is 2.40. The fraction of sp³-hybridized carbons (Fsp3) is 0.455. The largest absolute Gasteiger partial charge is 0.353 e. The highest BCUT2D eigenvalue weighted by Gasteiger charge is 2.31. The Morgan fingerprint density at radius 1 is 1.07 bits per heavy atom. The molecular weight excluding hydrogens is 416 g/mol. The Kier molecular flexibility index (Phi) is 5.03. The lowest BCUT2D eigenvalue weighted by molar-refractivity contribution is 0.384. The predicted molar refractivity (Wildman–Crippen MR) is 121 cm³/mol. The van der Waals surface area contributed by atoms with E-state index < -0.39 is 10.0 Å². The molecule has 2 aromatic heterocycles. The van der Waals surface area contributed by atoms with Gasteiger partial charge in [-0.25, -0.2) is 18.4 Å². The predicted octanol–water partition coefficient (Wildman–Crippen LogP) is 3.64. The van der Waals surface area contributed by atoms with Gasteiger partial charge in [-0.2, -0.15) is 4.31 Å². The zero-order chi connectivity index (χ0) is 20.9. The Hall–Kier alpha value is -2.03. The zero-order valence-corrected chi connectivity index (χ0v) is 19.0. The van der Waals surface area contributed by atoms with Crippen LogP contribution in [0.15, 0.2) is 35.5 Å². The first-order valence-electron chi connectivity index (χ1n) is 10.5. The molecule has 5 rings (SSSR count). The first-order valence-corrected chi connectivity index (χ1v) is 12.8. The van der Waals surface area contributed by atoms with Gasteiger partial charge in [0.15, 0.2) is 0 Å². The topological polar surface area (TPSA) is 66.4 Å². The van der Waals surface area contributed by atoms with Crippen molar-refractivity contribution >= 4 is 37.4 Å². The molecule has 1 fully saturated rings. The molecule has 3 aromatic rings. The molecule has 1 aliphatic carbocycles. The molecule has 1 unspecified atom stereocenters. The van der Waals surface area contributed by atoms with Gasteiger partial charge in [-0.15, -0.1) is 11.3 Å².